The number of hydrogen-bond acceptors (Lipinski definition) is 4. The van der Waals surface area contributed by atoms with Crippen molar-refractivity contribution in [2.75, 3.05) is 44.2 Å². The van der Waals surface area contributed by atoms with Crippen LogP contribution < -0.4 is 4.90 Å². The summed E-state index contributed by atoms with van der Waals surface area (Å²) in [5.74, 6) is -0.971. The van der Waals surface area contributed by atoms with Crippen LogP contribution in [0.3, 0.4) is 0 Å². The lowest BCUT2D eigenvalue weighted by Crippen LogP contribution is -2.55. The molecule has 2 fully saturated rings. The van der Waals surface area contributed by atoms with E-state index in [0.717, 1.165) is 56.2 Å². The number of hydrogen-bond donors (Lipinski definition) is 1. The number of aliphatic carboxylic acids is 1. The molecule has 2 aliphatic rings. The van der Waals surface area contributed by atoms with Crippen molar-refractivity contribution in [1.29, 1.82) is 0 Å². The van der Waals surface area contributed by atoms with Gasteiger partial charge in [0.2, 0.25) is 5.91 Å². The lowest BCUT2D eigenvalue weighted by molar-refractivity contribution is -0.146. The van der Waals surface area contributed by atoms with Crippen molar-refractivity contribution in [3.8, 4) is 0 Å². The first-order chi connectivity index (χ1) is 12.0. The van der Waals surface area contributed by atoms with Gasteiger partial charge in [0.25, 0.3) is 0 Å². The number of nitrogens with zero attached hydrogens (tertiary/aromatic N) is 3. The van der Waals surface area contributed by atoms with Crippen LogP contribution >= 0.6 is 11.6 Å². The first-order valence-electron chi connectivity index (χ1n) is 8.80. The van der Waals surface area contributed by atoms with Crippen LogP contribution in [0.2, 0.25) is 5.02 Å². The number of anilines is 1. The molecule has 1 aromatic rings. The summed E-state index contributed by atoms with van der Waals surface area (Å²) in [6.07, 6.45) is 2.65. The van der Waals surface area contributed by atoms with Gasteiger partial charge in [-0.1, -0.05) is 11.6 Å². The van der Waals surface area contributed by atoms with Gasteiger partial charge in [0.15, 0.2) is 0 Å². The smallest absolute Gasteiger partial charge is 0.323 e. The molecule has 7 heteroatoms. The molecule has 2 saturated heterocycles. The van der Waals surface area contributed by atoms with E-state index in [4.69, 9.17) is 16.7 Å². The van der Waals surface area contributed by atoms with Gasteiger partial charge >= 0.3 is 5.97 Å². The fourth-order valence-electron chi connectivity index (χ4n) is 3.69. The van der Waals surface area contributed by atoms with Gasteiger partial charge in [0.05, 0.1) is 6.04 Å². The van der Waals surface area contributed by atoms with Crippen molar-refractivity contribution in [1.82, 2.24) is 9.80 Å². The summed E-state index contributed by atoms with van der Waals surface area (Å²) >= 11 is 5.95. The van der Waals surface area contributed by atoms with Crippen molar-refractivity contribution in [2.24, 2.45) is 0 Å². The number of halogens is 1. The second-order valence-corrected chi connectivity index (χ2v) is 7.10. The molecule has 0 aliphatic carbocycles. The van der Waals surface area contributed by atoms with E-state index in [-0.39, 0.29) is 18.5 Å². The molecular formula is C18H24ClN3O3. The Bertz CT molecular complexity index is 614. The molecule has 1 atom stereocenters. The zero-order chi connectivity index (χ0) is 17.8. The molecule has 6 nitrogen and oxygen atoms in total. The molecule has 0 bridgehead atoms. The van der Waals surface area contributed by atoms with E-state index >= 15 is 0 Å². The highest BCUT2D eigenvalue weighted by molar-refractivity contribution is 6.30. The predicted octanol–water partition coefficient (Wildman–Crippen LogP) is 1.93. The third-order valence-electron chi connectivity index (χ3n) is 5.03. The maximum atomic E-state index is 12.8. The number of carbonyl (C=O) groups excluding carboxylic acids is 1. The van der Waals surface area contributed by atoms with E-state index in [1.54, 1.807) is 0 Å². The second-order valence-electron chi connectivity index (χ2n) is 6.66. The average molecular weight is 366 g/mol. The molecule has 25 heavy (non-hydrogen) atoms. The SMILES string of the molecule is O=C(O)CN1CCCCC(N2CCN(c3ccc(Cl)cc3)CC2)C1=O. The van der Waals surface area contributed by atoms with Crippen molar-refractivity contribution in [2.45, 2.75) is 25.3 Å². The third kappa shape index (κ3) is 4.44. The Hall–Kier alpha value is -1.79. The van der Waals surface area contributed by atoms with Gasteiger partial charge in [-0.25, -0.2) is 0 Å². The monoisotopic (exact) mass is 365 g/mol. The van der Waals surface area contributed by atoms with Crippen LogP contribution in [0.5, 0.6) is 0 Å². The first kappa shape index (κ1) is 18.0. The molecule has 2 aliphatic heterocycles. The van der Waals surface area contributed by atoms with Crippen molar-refractivity contribution in [3.63, 3.8) is 0 Å². The predicted molar refractivity (Wildman–Crippen MR) is 97.1 cm³/mol. The van der Waals surface area contributed by atoms with E-state index in [0.29, 0.717) is 6.54 Å². The van der Waals surface area contributed by atoms with Crippen LogP contribution in [0.15, 0.2) is 24.3 Å². The molecule has 1 N–H and O–H groups in total. The van der Waals surface area contributed by atoms with Gasteiger partial charge in [-0.3, -0.25) is 14.5 Å². The lowest BCUT2D eigenvalue weighted by Gasteiger charge is -2.40. The van der Waals surface area contributed by atoms with Gasteiger partial charge in [-0.15, -0.1) is 0 Å². The Morgan fingerprint density at radius 3 is 2.40 bits per heavy atom. The number of rotatable bonds is 4. The number of likely N-dealkylation sites (tertiary alicyclic amines) is 1. The molecule has 3 rings (SSSR count). The summed E-state index contributed by atoms with van der Waals surface area (Å²) in [5.41, 5.74) is 1.14. The van der Waals surface area contributed by atoms with Gasteiger partial charge in [-0.2, -0.15) is 0 Å². The van der Waals surface area contributed by atoms with Crippen molar-refractivity contribution >= 4 is 29.2 Å². The average Bonchev–Trinajstić information content (AvgIpc) is 2.78. The maximum absolute atomic E-state index is 12.8. The minimum atomic E-state index is -0.943. The van der Waals surface area contributed by atoms with E-state index in [1.807, 2.05) is 24.3 Å². The largest absolute Gasteiger partial charge is 0.480 e. The number of carboxylic acids is 1. The molecular weight excluding hydrogens is 342 g/mol. The summed E-state index contributed by atoms with van der Waals surface area (Å²) in [6.45, 7) is 3.67. The minimum absolute atomic E-state index is 0.0279. The normalized spacial score (nSPS) is 22.8. The molecule has 1 unspecified atom stereocenters. The summed E-state index contributed by atoms with van der Waals surface area (Å²) in [7, 11) is 0. The Morgan fingerprint density at radius 2 is 1.76 bits per heavy atom. The van der Waals surface area contributed by atoms with Crippen molar-refractivity contribution in [3.05, 3.63) is 29.3 Å². The van der Waals surface area contributed by atoms with Gasteiger partial charge in [0.1, 0.15) is 6.54 Å². The Balaban J connectivity index is 1.61. The fourth-order valence-corrected chi connectivity index (χ4v) is 3.81. The van der Waals surface area contributed by atoms with Crippen LogP contribution in [-0.2, 0) is 9.59 Å². The summed E-state index contributed by atoms with van der Waals surface area (Å²) in [5, 5.41) is 9.76. The standard InChI is InChI=1S/C18H24ClN3O3/c19-14-4-6-15(7-5-14)20-9-11-21(12-10-20)16-3-1-2-8-22(18(16)25)13-17(23)24/h4-7,16H,1-3,8-13H2,(H,23,24). The van der Waals surface area contributed by atoms with E-state index in [9.17, 15) is 9.59 Å². The Morgan fingerprint density at radius 1 is 1.08 bits per heavy atom. The Kier molecular flexibility index (Phi) is 5.81. The highest BCUT2D eigenvalue weighted by Crippen LogP contribution is 2.23. The second kappa shape index (κ2) is 8.06. The molecule has 1 amide bonds. The maximum Gasteiger partial charge on any atom is 0.323 e. The van der Waals surface area contributed by atoms with E-state index in [1.165, 1.54) is 4.90 Å². The van der Waals surface area contributed by atoms with Crippen LogP contribution in [-0.4, -0.2) is 72.1 Å². The molecule has 0 spiro atoms. The molecule has 0 aromatic heterocycles. The number of carboxylic acid groups (broad SMARTS) is 1. The topological polar surface area (TPSA) is 64.1 Å². The van der Waals surface area contributed by atoms with Crippen LogP contribution in [0.4, 0.5) is 5.69 Å². The Labute approximate surface area is 152 Å². The molecule has 2 heterocycles. The summed E-state index contributed by atoms with van der Waals surface area (Å²) < 4.78 is 0. The lowest BCUT2D eigenvalue weighted by atomic mass is 10.1. The molecule has 0 saturated carbocycles. The number of benzene rings is 1. The van der Waals surface area contributed by atoms with Gasteiger partial charge in [0, 0.05) is 43.4 Å². The van der Waals surface area contributed by atoms with Crippen LogP contribution in [0.1, 0.15) is 19.3 Å². The van der Waals surface area contributed by atoms with Crippen LogP contribution in [0, 0.1) is 0 Å². The molecule has 136 valence electrons. The highest BCUT2D eigenvalue weighted by Gasteiger charge is 2.34. The third-order valence-corrected chi connectivity index (χ3v) is 5.28. The van der Waals surface area contributed by atoms with E-state index < -0.39 is 5.97 Å². The molecule has 1 aromatic carbocycles. The summed E-state index contributed by atoms with van der Waals surface area (Å²) in [6, 6.07) is 7.63. The van der Waals surface area contributed by atoms with Gasteiger partial charge in [-0.05, 0) is 43.5 Å². The van der Waals surface area contributed by atoms with Crippen LogP contribution in [0.25, 0.3) is 0 Å². The molecule has 0 radical (unpaired) electrons. The van der Waals surface area contributed by atoms with Gasteiger partial charge < -0.3 is 14.9 Å². The van der Waals surface area contributed by atoms with Crippen molar-refractivity contribution < 1.29 is 14.7 Å². The summed E-state index contributed by atoms with van der Waals surface area (Å²) in [4.78, 5) is 29.8. The zero-order valence-electron chi connectivity index (χ0n) is 14.2. The number of carbonyl (C=O) groups is 2. The number of piperazine rings is 1. The van der Waals surface area contributed by atoms with E-state index in [2.05, 4.69) is 9.80 Å². The minimum Gasteiger partial charge on any atom is -0.480 e. The first-order valence-corrected chi connectivity index (χ1v) is 9.17. The highest BCUT2D eigenvalue weighted by atomic mass is 35.5. The fraction of sp³-hybridized carbons (Fsp3) is 0.556. The zero-order valence-corrected chi connectivity index (χ0v) is 15.0. The number of amides is 1. The quantitative estimate of drug-likeness (QED) is 0.883.